The number of carbonyl (C=O) groups is 2. The molecular formula is C15H25ClF3N3O3. The molecule has 2 aliphatic heterocycles. The summed E-state index contributed by atoms with van der Waals surface area (Å²) >= 11 is 0. The molecule has 2 atom stereocenters. The molecule has 0 spiro atoms. The molecule has 0 aromatic rings. The molecular weight excluding hydrogens is 363 g/mol. The zero-order valence-corrected chi connectivity index (χ0v) is 14.9. The second-order valence-corrected chi connectivity index (χ2v) is 6.63. The Kier molecular flexibility index (Phi) is 7.95. The van der Waals surface area contributed by atoms with Crippen molar-refractivity contribution in [3.05, 3.63) is 0 Å². The van der Waals surface area contributed by atoms with Crippen molar-refractivity contribution in [3.8, 4) is 0 Å². The Morgan fingerprint density at radius 1 is 1.32 bits per heavy atom. The van der Waals surface area contributed by atoms with Gasteiger partial charge in [0.05, 0.1) is 6.61 Å². The highest BCUT2D eigenvalue weighted by Crippen LogP contribution is 2.30. The second-order valence-electron chi connectivity index (χ2n) is 6.63. The van der Waals surface area contributed by atoms with Gasteiger partial charge in [0.2, 0.25) is 11.8 Å². The fourth-order valence-electron chi connectivity index (χ4n) is 3.34. The maximum absolute atomic E-state index is 12.6. The summed E-state index contributed by atoms with van der Waals surface area (Å²) in [7, 11) is 1.59. The van der Waals surface area contributed by atoms with Crippen LogP contribution in [0.25, 0.3) is 0 Å². The summed E-state index contributed by atoms with van der Waals surface area (Å²) in [6.07, 6.45) is -3.20. The Hall–Kier alpha value is -1.06. The van der Waals surface area contributed by atoms with Gasteiger partial charge in [-0.15, -0.1) is 12.4 Å². The van der Waals surface area contributed by atoms with E-state index in [1.807, 2.05) is 5.32 Å². The number of amides is 2. The van der Waals surface area contributed by atoms with E-state index in [9.17, 15) is 22.8 Å². The van der Waals surface area contributed by atoms with Gasteiger partial charge in [-0.1, -0.05) is 0 Å². The molecule has 0 bridgehead atoms. The van der Waals surface area contributed by atoms with Gasteiger partial charge in [-0.2, -0.15) is 13.2 Å². The van der Waals surface area contributed by atoms with Crippen molar-refractivity contribution in [3.63, 3.8) is 0 Å². The quantitative estimate of drug-likeness (QED) is 0.615. The summed E-state index contributed by atoms with van der Waals surface area (Å²) in [4.78, 5) is 24.1. The smallest absolute Gasteiger partial charge is 0.384 e. The molecule has 0 saturated carbocycles. The van der Waals surface area contributed by atoms with E-state index < -0.39 is 30.0 Å². The highest BCUT2D eigenvalue weighted by atomic mass is 35.5. The molecule has 25 heavy (non-hydrogen) atoms. The number of rotatable bonds is 5. The van der Waals surface area contributed by atoms with Crippen LogP contribution in [0.1, 0.15) is 25.7 Å². The maximum atomic E-state index is 12.6. The lowest BCUT2D eigenvalue weighted by atomic mass is 9.79. The summed E-state index contributed by atoms with van der Waals surface area (Å²) in [5.41, 5.74) is -0.199. The van der Waals surface area contributed by atoms with E-state index in [0.717, 1.165) is 25.9 Å². The monoisotopic (exact) mass is 387 g/mol. The lowest BCUT2D eigenvalue weighted by molar-refractivity contribution is -0.171. The van der Waals surface area contributed by atoms with E-state index in [4.69, 9.17) is 4.74 Å². The van der Waals surface area contributed by atoms with E-state index in [2.05, 4.69) is 10.6 Å². The van der Waals surface area contributed by atoms with Gasteiger partial charge in [-0.25, -0.2) is 0 Å². The first kappa shape index (κ1) is 22.0. The molecule has 146 valence electrons. The zero-order valence-electron chi connectivity index (χ0n) is 14.1. The molecule has 2 unspecified atom stereocenters. The van der Waals surface area contributed by atoms with Gasteiger partial charge in [0.1, 0.15) is 12.0 Å². The fourth-order valence-corrected chi connectivity index (χ4v) is 3.34. The molecule has 3 N–H and O–H groups in total. The number of hydrogen-bond donors (Lipinski definition) is 3. The number of ether oxygens (including phenoxy) is 1. The second kappa shape index (κ2) is 9.05. The van der Waals surface area contributed by atoms with Gasteiger partial charge in [0.25, 0.3) is 0 Å². The molecule has 10 heteroatoms. The minimum absolute atomic E-state index is 0. The lowest BCUT2D eigenvalue weighted by Gasteiger charge is -2.37. The van der Waals surface area contributed by atoms with Gasteiger partial charge < -0.3 is 20.7 Å². The molecule has 2 amide bonds. The molecule has 0 aromatic heterocycles. The Morgan fingerprint density at radius 3 is 2.48 bits per heavy atom. The lowest BCUT2D eigenvalue weighted by Crippen LogP contribution is -2.55. The van der Waals surface area contributed by atoms with Crippen molar-refractivity contribution in [1.29, 1.82) is 0 Å². The number of alkyl halides is 3. The molecule has 0 radical (unpaired) electrons. The number of carbonyl (C=O) groups excluding carboxylic acids is 2. The molecule has 2 aliphatic rings. The van der Waals surface area contributed by atoms with Crippen LogP contribution in [0.5, 0.6) is 0 Å². The minimum atomic E-state index is -4.48. The first-order chi connectivity index (χ1) is 11.3. The Bertz CT molecular complexity index is 465. The van der Waals surface area contributed by atoms with Crippen LogP contribution in [-0.2, 0) is 14.3 Å². The van der Waals surface area contributed by atoms with Crippen molar-refractivity contribution >= 4 is 24.2 Å². The molecule has 2 rings (SSSR count). The Morgan fingerprint density at radius 2 is 1.96 bits per heavy atom. The summed E-state index contributed by atoms with van der Waals surface area (Å²) in [6.45, 7) is 2.47. The summed E-state index contributed by atoms with van der Waals surface area (Å²) < 4.78 is 43.2. The molecule has 6 nitrogen and oxygen atoms in total. The number of piperidine rings is 2. The van der Waals surface area contributed by atoms with Crippen LogP contribution in [0.2, 0.25) is 0 Å². The maximum Gasteiger partial charge on any atom is 0.408 e. The third-order valence-electron chi connectivity index (χ3n) is 4.84. The highest BCUT2D eigenvalue weighted by molar-refractivity contribution is 6.00. The number of halogens is 4. The van der Waals surface area contributed by atoms with Gasteiger partial charge in [0, 0.05) is 19.1 Å². The molecule has 0 aliphatic carbocycles. The highest BCUT2D eigenvalue weighted by Gasteiger charge is 2.46. The topological polar surface area (TPSA) is 79.5 Å². The van der Waals surface area contributed by atoms with E-state index in [-0.39, 0.29) is 30.7 Å². The average molecular weight is 388 g/mol. The third-order valence-corrected chi connectivity index (χ3v) is 4.84. The molecule has 2 fully saturated rings. The normalized spacial score (nSPS) is 26.3. The SMILES string of the molecule is COCC1(CNC(=O)C2CCC(C(F)(F)F)NC2=O)CCNCC1.Cl. The third kappa shape index (κ3) is 5.72. The average Bonchev–Trinajstić information content (AvgIpc) is 2.53. The van der Waals surface area contributed by atoms with Crippen LogP contribution in [-0.4, -0.2) is 57.4 Å². The van der Waals surface area contributed by atoms with Crippen LogP contribution in [0.4, 0.5) is 13.2 Å². The zero-order chi connectivity index (χ0) is 17.8. The van der Waals surface area contributed by atoms with Gasteiger partial charge >= 0.3 is 6.18 Å². The van der Waals surface area contributed by atoms with Crippen LogP contribution in [0, 0.1) is 11.3 Å². The van der Waals surface area contributed by atoms with Crippen molar-refractivity contribution < 1.29 is 27.5 Å². The first-order valence-electron chi connectivity index (χ1n) is 8.12. The van der Waals surface area contributed by atoms with Crippen LogP contribution >= 0.6 is 12.4 Å². The van der Waals surface area contributed by atoms with E-state index >= 15 is 0 Å². The van der Waals surface area contributed by atoms with Gasteiger partial charge in [-0.3, -0.25) is 9.59 Å². The summed E-state index contributed by atoms with van der Waals surface area (Å²) in [5, 5.41) is 7.88. The van der Waals surface area contributed by atoms with E-state index in [1.165, 1.54) is 0 Å². The van der Waals surface area contributed by atoms with Gasteiger partial charge in [-0.05, 0) is 38.8 Å². The molecule has 2 saturated heterocycles. The van der Waals surface area contributed by atoms with E-state index in [1.54, 1.807) is 7.11 Å². The summed E-state index contributed by atoms with van der Waals surface area (Å²) in [5.74, 6) is -2.43. The Labute approximate surface area is 151 Å². The predicted molar refractivity (Wildman–Crippen MR) is 87.4 cm³/mol. The standard InChI is InChI=1S/C15H24F3N3O3.ClH/c1-24-9-14(4-6-19-7-5-14)8-20-12(22)10-2-3-11(15(16,17)18)21-13(10)23;/h10-11,19H,2-9H2,1H3,(H,20,22)(H,21,23);1H. The van der Waals surface area contributed by atoms with Crippen molar-refractivity contribution in [2.24, 2.45) is 11.3 Å². The van der Waals surface area contributed by atoms with Crippen LogP contribution < -0.4 is 16.0 Å². The first-order valence-corrected chi connectivity index (χ1v) is 8.12. The van der Waals surface area contributed by atoms with Crippen LogP contribution in [0.15, 0.2) is 0 Å². The summed E-state index contributed by atoms with van der Waals surface area (Å²) in [6, 6.07) is -1.86. The largest absolute Gasteiger partial charge is 0.408 e. The minimum Gasteiger partial charge on any atom is -0.384 e. The molecule has 2 heterocycles. The number of hydrogen-bond acceptors (Lipinski definition) is 4. The molecule has 0 aromatic carbocycles. The van der Waals surface area contributed by atoms with Crippen LogP contribution in [0.3, 0.4) is 0 Å². The predicted octanol–water partition coefficient (Wildman–Crippen LogP) is 0.998. The van der Waals surface area contributed by atoms with Crippen molar-refractivity contribution in [2.45, 2.75) is 37.9 Å². The Balaban J connectivity index is 0.00000312. The number of nitrogens with one attached hydrogen (secondary N) is 3. The van der Waals surface area contributed by atoms with Crippen molar-refractivity contribution in [1.82, 2.24) is 16.0 Å². The fraction of sp³-hybridized carbons (Fsp3) is 0.867. The van der Waals surface area contributed by atoms with Crippen molar-refractivity contribution in [2.75, 3.05) is 33.4 Å². The van der Waals surface area contributed by atoms with Gasteiger partial charge in [0.15, 0.2) is 0 Å². The van der Waals surface area contributed by atoms with E-state index in [0.29, 0.717) is 13.2 Å². The number of methoxy groups -OCH3 is 1.